The first-order valence-electron chi connectivity index (χ1n) is 12.8. The largest absolute Gasteiger partial charge is 0.457 e. The molecule has 1 aromatic rings. The predicted molar refractivity (Wildman–Crippen MR) is 125 cm³/mol. The average molecular weight is 467 g/mol. The molecule has 1 aromatic carbocycles. The molecule has 4 heterocycles. The van der Waals surface area contributed by atoms with E-state index < -0.39 is 6.10 Å². The lowest BCUT2D eigenvalue weighted by molar-refractivity contribution is -0.136. The second-order valence-corrected chi connectivity index (χ2v) is 10.9. The molecule has 7 nitrogen and oxygen atoms in total. The second-order valence-electron chi connectivity index (χ2n) is 10.9. The number of hydrogen-bond donors (Lipinski definition) is 1. The molecule has 0 aromatic heterocycles. The van der Waals surface area contributed by atoms with E-state index in [0.717, 1.165) is 87.0 Å². The number of carbonyl (C=O) groups excluding carboxylic acids is 2. The first-order chi connectivity index (χ1) is 16.4. The van der Waals surface area contributed by atoms with Gasteiger partial charge in [-0.3, -0.25) is 0 Å². The molecule has 5 aliphatic rings. The Bertz CT molecular complexity index is 1040. The van der Waals surface area contributed by atoms with Gasteiger partial charge in [-0.1, -0.05) is 6.07 Å². The third-order valence-corrected chi connectivity index (χ3v) is 8.98. The lowest BCUT2D eigenvalue weighted by atomic mass is 9.71. The summed E-state index contributed by atoms with van der Waals surface area (Å²) in [5.41, 5.74) is 5.94. The number of fused-ring (bicyclic) bond motifs is 1. The maximum atomic E-state index is 12.2. The van der Waals surface area contributed by atoms with E-state index in [0.29, 0.717) is 36.7 Å². The maximum Gasteiger partial charge on any atom is 0.338 e. The summed E-state index contributed by atoms with van der Waals surface area (Å²) in [6.07, 6.45) is 6.33. The molecule has 1 unspecified atom stereocenters. The number of carbonyl (C=O) groups is 2. The van der Waals surface area contributed by atoms with E-state index in [1.54, 1.807) is 6.07 Å². The van der Waals surface area contributed by atoms with Crippen molar-refractivity contribution in [2.24, 2.45) is 11.3 Å². The van der Waals surface area contributed by atoms with Crippen LogP contribution in [0.25, 0.3) is 0 Å². The van der Waals surface area contributed by atoms with Crippen LogP contribution in [0, 0.1) is 18.3 Å². The Balaban J connectivity index is 1.04. The van der Waals surface area contributed by atoms with Crippen LogP contribution in [0.5, 0.6) is 0 Å². The zero-order chi connectivity index (χ0) is 23.4. The molecule has 0 bridgehead atoms. The zero-order valence-electron chi connectivity index (χ0n) is 20.0. The van der Waals surface area contributed by atoms with Gasteiger partial charge in [-0.25, -0.2) is 9.59 Å². The number of ether oxygens (including phenoxy) is 2. The first kappa shape index (κ1) is 22.1. The lowest BCUT2D eigenvalue weighted by Gasteiger charge is -2.48. The predicted octanol–water partition coefficient (Wildman–Crippen LogP) is 3.10. The van der Waals surface area contributed by atoms with Crippen LogP contribution in [0.2, 0.25) is 0 Å². The Morgan fingerprint density at radius 2 is 1.68 bits per heavy atom. The monoisotopic (exact) mass is 466 g/mol. The van der Waals surface area contributed by atoms with E-state index in [9.17, 15) is 14.7 Å². The third-order valence-electron chi connectivity index (χ3n) is 8.98. The summed E-state index contributed by atoms with van der Waals surface area (Å²) in [6, 6.07) is 3.68. The summed E-state index contributed by atoms with van der Waals surface area (Å²) >= 11 is 0. The van der Waals surface area contributed by atoms with Gasteiger partial charge in [0.15, 0.2) is 0 Å². The molecule has 6 rings (SSSR count). The minimum Gasteiger partial charge on any atom is -0.457 e. The van der Waals surface area contributed by atoms with Gasteiger partial charge in [0.1, 0.15) is 13.2 Å². The smallest absolute Gasteiger partial charge is 0.338 e. The number of aliphatic hydroxyl groups excluding tert-OH is 1. The minimum absolute atomic E-state index is 0.0811. The Morgan fingerprint density at radius 3 is 2.38 bits per heavy atom. The molecule has 1 atom stereocenters. The van der Waals surface area contributed by atoms with Crippen molar-refractivity contribution in [2.45, 2.75) is 58.2 Å². The van der Waals surface area contributed by atoms with Gasteiger partial charge in [0.05, 0.1) is 22.9 Å². The molecule has 0 amide bonds. The minimum atomic E-state index is -0.565. The Kier molecular flexibility index (Phi) is 5.45. The van der Waals surface area contributed by atoms with E-state index in [4.69, 9.17) is 9.47 Å². The van der Waals surface area contributed by atoms with Gasteiger partial charge in [0, 0.05) is 25.2 Å². The second kappa shape index (κ2) is 8.38. The van der Waals surface area contributed by atoms with Gasteiger partial charge < -0.3 is 24.4 Å². The molecule has 182 valence electrons. The highest BCUT2D eigenvalue weighted by atomic mass is 16.5. The fourth-order valence-electron chi connectivity index (χ4n) is 6.48. The van der Waals surface area contributed by atoms with Crippen LogP contribution in [-0.2, 0) is 20.9 Å². The molecular formula is C27H34N2O5. The summed E-state index contributed by atoms with van der Waals surface area (Å²) in [5.74, 6) is 0.0962. The SMILES string of the molecule is Cc1c(C(O)CN2CCC3(CC2)CCN(C2=C(C4CC4)C(=O)OC2)CC3)ccc2c1COC2=O. The van der Waals surface area contributed by atoms with Gasteiger partial charge in [-0.05, 0) is 87.1 Å². The van der Waals surface area contributed by atoms with Crippen molar-refractivity contribution in [2.75, 3.05) is 39.3 Å². The fourth-order valence-corrected chi connectivity index (χ4v) is 6.48. The number of esters is 2. The number of benzene rings is 1. The van der Waals surface area contributed by atoms with E-state index in [-0.39, 0.29) is 11.9 Å². The number of cyclic esters (lactones) is 2. The van der Waals surface area contributed by atoms with Crippen molar-refractivity contribution < 1.29 is 24.2 Å². The highest BCUT2D eigenvalue weighted by Gasteiger charge is 2.43. The summed E-state index contributed by atoms with van der Waals surface area (Å²) in [7, 11) is 0. The van der Waals surface area contributed by atoms with Crippen molar-refractivity contribution in [1.29, 1.82) is 0 Å². The molecule has 34 heavy (non-hydrogen) atoms. The standard InChI is InChI=1S/C27H34N2O5/c1-17-19(4-5-20-21(17)15-33-25(20)31)23(30)14-28-10-6-27(7-11-28)8-12-29(13-9-27)22-16-34-26(32)24(22)18-2-3-18/h4-5,18,23,30H,2-3,6-16H2,1H3. The molecular weight excluding hydrogens is 432 g/mol. The summed E-state index contributed by atoms with van der Waals surface area (Å²) in [4.78, 5) is 28.8. The maximum absolute atomic E-state index is 12.2. The molecule has 2 saturated heterocycles. The number of aliphatic hydroxyl groups is 1. The molecule has 1 spiro atoms. The van der Waals surface area contributed by atoms with Crippen LogP contribution in [0.1, 0.15) is 71.7 Å². The van der Waals surface area contributed by atoms with Crippen molar-refractivity contribution in [1.82, 2.24) is 9.80 Å². The zero-order valence-corrected chi connectivity index (χ0v) is 20.0. The molecule has 4 aliphatic heterocycles. The third kappa shape index (κ3) is 3.83. The van der Waals surface area contributed by atoms with Gasteiger partial charge in [0.25, 0.3) is 0 Å². The van der Waals surface area contributed by atoms with Gasteiger partial charge in [0.2, 0.25) is 0 Å². The van der Waals surface area contributed by atoms with Crippen molar-refractivity contribution in [3.8, 4) is 0 Å². The van der Waals surface area contributed by atoms with E-state index in [1.807, 2.05) is 13.0 Å². The molecule has 1 aliphatic carbocycles. The van der Waals surface area contributed by atoms with E-state index in [2.05, 4.69) is 9.80 Å². The van der Waals surface area contributed by atoms with Crippen molar-refractivity contribution in [3.63, 3.8) is 0 Å². The van der Waals surface area contributed by atoms with Crippen LogP contribution in [-0.4, -0.2) is 66.2 Å². The van der Waals surface area contributed by atoms with E-state index >= 15 is 0 Å². The average Bonchev–Trinajstić information content (AvgIpc) is 3.50. The van der Waals surface area contributed by atoms with Crippen LogP contribution in [0.15, 0.2) is 23.4 Å². The molecule has 7 heteroatoms. The number of rotatable bonds is 5. The van der Waals surface area contributed by atoms with Crippen LogP contribution in [0.3, 0.4) is 0 Å². The van der Waals surface area contributed by atoms with Crippen LogP contribution in [0.4, 0.5) is 0 Å². The lowest BCUT2D eigenvalue weighted by Crippen LogP contribution is -2.47. The summed E-state index contributed by atoms with van der Waals surface area (Å²) in [6.45, 7) is 7.40. The van der Waals surface area contributed by atoms with Crippen molar-refractivity contribution >= 4 is 11.9 Å². The first-order valence-corrected chi connectivity index (χ1v) is 12.8. The number of piperidine rings is 2. The Hall–Kier alpha value is -2.38. The highest BCUT2D eigenvalue weighted by molar-refractivity contribution is 5.94. The quantitative estimate of drug-likeness (QED) is 0.668. The summed E-state index contributed by atoms with van der Waals surface area (Å²) in [5, 5.41) is 11.0. The fraction of sp³-hybridized carbons (Fsp3) is 0.630. The number of β-amino-alcohol motifs (C(OH)–C–C–N with tert-alkyl or cyclic N) is 1. The Labute approximate surface area is 200 Å². The van der Waals surface area contributed by atoms with Gasteiger partial charge in [-0.2, -0.15) is 0 Å². The van der Waals surface area contributed by atoms with E-state index in [1.165, 1.54) is 5.70 Å². The molecule has 1 N–H and O–H groups in total. The van der Waals surface area contributed by atoms with Crippen molar-refractivity contribution in [3.05, 3.63) is 45.7 Å². The van der Waals surface area contributed by atoms with Gasteiger partial charge >= 0.3 is 11.9 Å². The van der Waals surface area contributed by atoms with Crippen LogP contribution >= 0.6 is 0 Å². The number of likely N-dealkylation sites (tertiary alicyclic amines) is 2. The number of nitrogens with zero attached hydrogens (tertiary/aromatic N) is 2. The number of hydrogen-bond acceptors (Lipinski definition) is 7. The Morgan fingerprint density at radius 1 is 1.00 bits per heavy atom. The highest BCUT2D eigenvalue weighted by Crippen LogP contribution is 2.45. The van der Waals surface area contributed by atoms with Gasteiger partial charge in [-0.15, -0.1) is 0 Å². The van der Waals surface area contributed by atoms with Crippen LogP contribution < -0.4 is 0 Å². The molecule has 0 radical (unpaired) electrons. The molecule has 3 fully saturated rings. The summed E-state index contributed by atoms with van der Waals surface area (Å²) < 4.78 is 10.5. The molecule has 1 saturated carbocycles. The normalized spacial score (nSPS) is 25.5. The topological polar surface area (TPSA) is 79.3 Å².